The van der Waals surface area contributed by atoms with E-state index in [1.807, 2.05) is 0 Å². The van der Waals surface area contributed by atoms with Crippen molar-refractivity contribution < 1.29 is 23.5 Å². The molecule has 2 unspecified atom stereocenters. The van der Waals surface area contributed by atoms with Crippen LogP contribution < -0.4 is 5.32 Å². The highest BCUT2D eigenvalue weighted by Crippen LogP contribution is 2.26. The standard InChI is InChI=1S/C14H15F2NO3S/c15-11-4-3-10(6-12(11)16)21-7-13(18)17-9-2-1-8(5-9)14(19)20/h3-4,6,8-9H,1-2,5,7H2,(H,17,18)(H,19,20). The van der Waals surface area contributed by atoms with E-state index in [-0.39, 0.29) is 17.7 Å². The number of aliphatic carboxylic acids is 1. The van der Waals surface area contributed by atoms with Crippen LogP contribution in [0.1, 0.15) is 19.3 Å². The van der Waals surface area contributed by atoms with Gasteiger partial charge in [-0.3, -0.25) is 9.59 Å². The Morgan fingerprint density at radius 3 is 2.67 bits per heavy atom. The molecule has 1 saturated carbocycles. The van der Waals surface area contributed by atoms with Crippen LogP contribution in [0.5, 0.6) is 0 Å². The first kappa shape index (κ1) is 15.8. The molecule has 1 aliphatic carbocycles. The van der Waals surface area contributed by atoms with E-state index >= 15 is 0 Å². The third-order valence-electron chi connectivity index (χ3n) is 3.41. The van der Waals surface area contributed by atoms with Crippen molar-refractivity contribution in [1.82, 2.24) is 5.32 Å². The highest BCUT2D eigenvalue weighted by atomic mass is 32.2. The summed E-state index contributed by atoms with van der Waals surface area (Å²) in [5.41, 5.74) is 0. The van der Waals surface area contributed by atoms with Crippen LogP contribution >= 0.6 is 11.8 Å². The van der Waals surface area contributed by atoms with Crippen molar-refractivity contribution in [2.24, 2.45) is 5.92 Å². The Morgan fingerprint density at radius 2 is 2.05 bits per heavy atom. The Balaban J connectivity index is 1.77. The van der Waals surface area contributed by atoms with Gasteiger partial charge in [-0.1, -0.05) is 0 Å². The Morgan fingerprint density at radius 1 is 1.29 bits per heavy atom. The third kappa shape index (κ3) is 4.42. The lowest BCUT2D eigenvalue weighted by Crippen LogP contribution is -2.34. The summed E-state index contributed by atoms with van der Waals surface area (Å²) in [5.74, 6) is -3.24. The number of nitrogens with one attached hydrogen (secondary N) is 1. The van der Waals surface area contributed by atoms with Gasteiger partial charge in [0.1, 0.15) is 0 Å². The van der Waals surface area contributed by atoms with Crippen molar-refractivity contribution in [3.05, 3.63) is 29.8 Å². The summed E-state index contributed by atoms with van der Waals surface area (Å²) in [4.78, 5) is 23.0. The molecule has 2 rings (SSSR count). The van der Waals surface area contributed by atoms with Crippen molar-refractivity contribution in [3.8, 4) is 0 Å². The summed E-state index contributed by atoms with van der Waals surface area (Å²) in [6.07, 6.45) is 1.66. The normalized spacial score (nSPS) is 21.2. The molecule has 2 atom stereocenters. The van der Waals surface area contributed by atoms with Crippen LogP contribution in [0.25, 0.3) is 0 Å². The maximum atomic E-state index is 13.0. The number of thioether (sulfide) groups is 1. The summed E-state index contributed by atoms with van der Waals surface area (Å²) < 4.78 is 25.8. The summed E-state index contributed by atoms with van der Waals surface area (Å²) in [5, 5.41) is 11.7. The smallest absolute Gasteiger partial charge is 0.306 e. The van der Waals surface area contributed by atoms with Gasteiger partial charge in [0.15, 0.2) is 11.6 Å². The van der Waals surface area contributed by atoms with Crippen molar-refractivity contribution in [3.63, 3.8) is 0 Å². The van der Waals surface area contributed by atoms with E-state index in [1.165, 1.54) is 6.07 Å². The monoisotopic (exact) mass is 315 g/mol. The number of hydrogen-bond acceptors (Lipinski definition) is 3. The van der Waals surface area contributed by atoms with E-state index in [4.69, 9.17) is 5.11 Å². The van der Waals surface area contributed by atoms with Gasteiger partial charge in [-0.2, -0.15) is 0 Å². The SMILES string of the molecule is O=C(CSc1ccc(F)c(F)c1)NC1CCC(C(=O)O)C1. The largest absolute Gasteiger partial charge is 0.481 e. The van der Waals surface area contributed by atoms with Crippen LogP contribution in [0.4, 0.5) is 8.78 Å². The van der Waals surface area contributed by atoms with E-state index in [0.717, 1.165) is 23.9 Å². The van der Waals surface area contributed by atoms with Crippen LogP contribution in [-0.4, -0.2) is 28.8 Å². The van der Waals surface area contributed by atoms with Gasteiger partial charge in [0.05, 0.1) is 11.7 Å². The molecule has 21 heavy (non-hydrogen) atoms. The summed E-state index contributed by atoms with van der Waals surface area (Å²) in [6, 6.07) is 3.35. The number of carboxylic acids is 1. The third-order valence-corrected chi connectivity index (χ3v) is 4.40. The maximum absolute atomic E-state index is 13.0. The van der Waals surface area contributed by atoms with Crippen LogP contribution in [0.2, 0.25) is 0 Å². The zero-order valence-corrected chi connectivity index (χ0v) is 12.0. The molecular formula is C14H15F2NO3S. The summed E-state index contributed by atoms with van der Waals surface area (Å²) >= 11 is 1.11. The number of rotatable bonds is 5. The Hall–Kier alpha value is -1.63. The topological polar surface area (TPSA) is 66.4 Å². The number of halogens is 2. The van der Waals surface area contributed by atoms with Crippen molar-refractivity contribution in [2.45, 2.75) is 30.2 Å². The molecule has 4 nitrogen and oxygen atoms in total. The molecule has 1 aliphatic rings. The average Bonchev–Trinajstić information content (AvgIpc) is 2.89. The van der Waals surface area contributed by atoms with Gasteiger partial charge >= 0.3 is 5.97 Å². The minimum atomic E-state index is -0.944. The molecule has 114 valence electrons. The zero-order valence-electron chi connectivity index (χ0n) is 11.1. The van der Waals surface area contributed by atoms with Gasteiger partial charge in [-0.15, -0.1) is 11.8 Å². The Labute approximate surface area is 124 Å². The van der Waals surface area contributed by atoms with Crippen LogP contribution in [0, 0.1) is 17.6 Å². The highest BCUT2D eigenvalue weighted by molar-refractivity contribution is 8.00. The fourth-order valence-corrected chi connectivity index (χ4v) is 3.05. The first-order valence-corrected chi connectivity index (χ1v) is 7.54. The van der Waals surface area contributed by atoms with Gasteiger partial charge < -0.3 is 10.4 Å². The van der Waals surface area contributed by atoms with Crippen molar-refractivity contribution in [1.29, 1.82) is 0 Å². The molecule has 0 aliphatic heterocycles. The Kier molecular flexibility index (Phi) is 5.17. The number of benzene rings is 1. The zero-order chi connectivity index (χ0) is 15.4. The molecule has 0 saturated heterocycles. The molecule has 1 aromatic carbocycles. The van der Waals surface area contributed by atoms with E-state index in [9.17, 15) is 18.4 Å². The van der Waals surface area contributed by atoms with Gasteiger partial charge in [0, 0.05) is 10.9 Å². The molecule has 1 fully saturated rings. The first-order valence-electron chi connectivity index (χ1n) is 6.55. The van der Waals surface area contributed by atoms with Gasteiger partial charge in [0.2, 0.25) is 5.91 Å². The number of carboxylic acid groups (broad SMARTS) is 1. The van der Waals surface area contributed by atoms with Crippen LogP contribution in [0.3, 0.4) is 0 Å². The summed E-state index contributed by atoms with van der Waals surface area (Å²) in [6.45, 7) is 0. The number of carbonyl (C=O) groups excluding carboxylic acids is 1. The first-order chi connectivity index (χ1) is 9.95. The molecule has 0 bridgehead atoms. The molecule has 1 aromatic rings. The fourth-order valence-electron chi connectivity index (χ4n) is 2.32. The molecule has 0 aromatic heterocycles. The average molecular weight is 315 g/mol. The minimum absolute atomic E-state index is 0.0826. The van der Waals surface area contributed by atoms with E-state index < -0.39 is 23.5 Å². The van der Waals surface area contributed by atoms with Crippen molar-refractivity contribution in [2.75, 3.05) is 5.75 Å². The van der Waals surface area contributed by atoms with E-state index in [1.54, 1.807) is 0 Å². The Bertz CT molecular complexity index is 553. The quantitative estimate of drug-likeness (QED) is 0.819. The van der Waals surface area contributed by atoms with Crippen LogP contribution in [0.15, 0.2) is 23.1 Å². The number of carbonyl (C=O) groups is 2. The molecule has 0 heterocycles. The summed E-state index contributed by atoms with van der Waals surface area (Å²) in [7, 11) is 0. The predicted octanol–water partition coefficient (Wildman–Crippen LogP) is 2.43. The maximum Gasteiger partial charge on any atom is 0.306 e. The fraction of sp³-hybridized carbons (Fsp3) is 0.429. The van der Waals surface area contributed by atoms with Crippen LogP contribution in [-0.2, 0) is 9.59 Å². The lowest BCUT2D eigenvalue weighted by molar-refractivity contribution is -0.141. The van der Waals surface area contributed by atoms with E-state index in [0.29, 0.717) is 24.2 Å². The second-order valence-electron chi connectivity index (χ2n) is 4.98. The molecule has 2 N–H and O–H groups in total. The lowest BCUT2D eigenvalue weighted by Gasteiger charge is -2.12. The molecule has 0 spiro atoms. The minimum Gasteiger partial charge on any atom is -0.481 e. The molecule has 1 amide bonds. The molecule has 7 heteroatoms. The number of hydrogen-bond donors (Lipinski definition) is 2. The molecule has 0 radical (unpaired) electrons. The van der Waals surface area contributed by atoms with Crippen molar-refractivity contribution >= 4 is 23.6 Å². The second-order valence-corrected chi connectivity index (χ2v) is 6.03. The second kappa shape index (κ2) is 6.89. The number of amides is 1. The van der Waals surface area contributed by atoms with Gasteiger partial charge in [-0.25, -0.2) is 8.78 Å². The lowest BCUT2D eigenvalue weighted by atomic mass is 10.1. The van der Waals surface area contributed by atoms with E-state index in [2.05, 4.69) is 5.32 Å². The highest BCUT2D eigenvalue weighted by Gasteiger charge is 2.30. The molecular weight excluding hydrogens is 300 g/mol. The van der Waals surface area contributed by atoms with Gasteiger partial charge in [0.25, 0.3) is 0 Å². The predicted molar refractivity (Wildman–Crippen MR) is 74.0 cm³/mol. The van der Waals surface area contributed by atoms with Gasteiger partial charge in [-0.05, 0) is 37.5 Å².